The summed E-state index contributed by atoms with van der Waals surface area (Å²) in [7, 11) is 0. The maximum atomic E-state index is 13.0. The number of nitrogens with zero attached hydrogens (tertiary/aromatic N) is 2. The fraction of sp³-hybridized carbons (Fsp3) is 0.526. The summed E-state index contributed by atoms with van der Waals surface area (Å²) in [5.74, 6) is -0.946. The van der Waals surface area contributed by atoms with E-state index in [1.807, 2.05) is 4.90 Å². The van der Waals surface area contributed by atoms with E-state index in [0.717, 1.165) is 12.8 Å². The molecule has 7 heteroatoms. The molecule has 3 rings (SSSR count). The first-order valence-electron chi connectivity index (χ1n) is 8.96. The topological polar surface area (TPSA) is 66.9 Å². The fourth-order valence-corrected chi connectivity index (χ4v) is 3.90. The van der Waals surface area contributed by atoms with Crippen LogP contribution in [0.3, 0.4) is 0 Å². The SMILES string of the molecule is CCOC(=O)[C@@H]1CCCN([C@@H]2CC(=O)N(c3cccc(Cl)c3C)C2=O)C1. The number of ether oxygens (including phenoxy) is 1. The molecule has 0 spiro atoms. The molecule has 2 atom stereocenters. The number of imide groups is 1. The Kier molecular flexibility index (Phi) is 5.63. The van der Waals surface area contributed by atoms with E-state index in [1.54, 1.807) is 32.0 Å². The minimum absolute atomic E-state index is 0.125. The van der Waals surface area contributed by atoms with Gasteiger partial charge < -0.3 is 4.74 Å². The molecule has 2 aliphatic heterocycles. The highest BCUT2D eigenvalue weighted by Crippen LogP contribution is 2.33. The zero-order valence-electron chi connectivity index (χ0n) is 15.0. The Morgan fingerprint density at radius 1 is 1.35 bits per heavy atom. The van der Waals surface area contributed by atoms with Crippen molar-refractivity contribution in [2.75, 3.05) is 24.6 Å². The molecule has 0 radical (unpaired) electrons. The first-order chi connectivity index (χ1) is 12.4. The van der Waals surface area contributed by atoms with Crippen LogP contribution in [0.15, 0.2) is 18.2 Å². The van der Waals surface area contributed by atoms with Crippen molar-refractivity contribution in [3.8, 4) is 0 Å². The minimum Gasteiger partial charge on any atom is -0.466 e. The molecule has 0 saturated carbocycles. The molecule has 1 aromatic carbocycles. The van der Waals surface area contributed by atoms with Crippen LogP contribution in [0.2, 0.25) is 5.02 Å². The maximum absolute atomic E-state index is 13.0. The van der Waals surface area contributed by atoms with Gasteiger partial charge in [-0.25, -0.2) is 4.90 Å². The number of esters is 1. The van der Waals surface area contributed by atoms with Crippen molar-refractivity contribution in [1.82, 2.24) is 4.90 Å². The summed E-state index contributed by atoms with van der Waals surface area (Å²) in [5, 5.41) is 0.520. The number of carbonyl (C=O) groups is 3. The Morgan fingerprint density at radius 3 is 2.85 bits per heavy atom. The van der Waals surface area contributed by atoms with E-state index in [4.69, 9.17) is 16.3 Å². The van der Waals surface area contributed by atoms with Gasteiger partial charge in [0.2, 0.25) is 5.91 Å². The van der Waals surface area contributed by atoms with Gasteiger partial charge in [-0.3, -0.25) is 19.3 Å². The Labute approximate surface area is 158 Å². The Hall–Kier alpha value is -1.92. The second kappa shape index (κ2) is 7.76. The molecule has 2 heterocycles. The summed E-state index contributed by atoms with van der Waals surface area (Å²) >= 11 is 6.15. The molecule has 6 nitrogen and oxygen atoms in total. The van der Waals surface area contributed by atoms with Gasteiger partial charge in [-0.05, 0) is 50.9 Å². The molecule has 0 unspecified atom stereocenters. The summed E-state index contributed by atoms with van der Waals surface area (Å²) in [6.45, 7) is 5.07. The second-order valence-electron chi connectivity index (χ2n) is 6.76. The largest absolute Gasteiger partial charge is 0.466 e. The molecule has 0 bridgehead atoms. The third-order valence-corrected chi connectivity index (χ3v) is 5.53. The predicted octanol–water partition coefficient (Wildman–Crippen LogP) is 2.56. The molecule has 2 aliphatic rings. The van der Waals surface area contributed by atoms with Crippen LogP contribution < -0.4 is 4.90 Å². The molecule has 140 valence electrons. The van der Waals surface area contributed by atoms with E-state index in [9.17, 15) is 14.4 Å². The average Bonchev–Trinajstić information content (AvgIpc) is 2.92. The first kappa shape index (κ1) is 18.9. The van der Waals surface area contributed by atoms with E-state index in [2.05, 4.69) is 0 Å². The lowest BCUT2D eigenvalue weighted by Gasteiger charge is -2.34. The van der Waals surface area contributed by atoms with Crippen molar-refractivity contribution in [3.05, 3.63) is 28.8 Å². The molecule has 2 amide bonds. The van der Waals surface area contributed by atoms with Crippen LogP contribution in [0.4, 0.5) is 5.69 Å². The van der Waals surface area contributed by atoms with Gasteiger partial charge in [0.05, 0.1) is 30.7 Å². The lowest BCUT2D eigenvalue weighted by Crippen LogP contribution is -2.48. The van der Waals surface area contributed by atoms with Crippen molar-refractivity contribution < 1.29 is 19.1 Å². The lowest BCUT2D eigenvalue weighted by atomic mass is 9.96. The minimum atomic E-state index is -0.530. The van der Waals surface area contributed by atoms with Gasteiger partial charge in [-0.1, -0.05) is 17.7 Å². The highest BCUT2D eigenvalue weighted by atomic mass is 35.5. The number of carbonyl (C=O) groups excluding carboxylic acids is 3. The van der Waals surface area contributed by atoms with Crippen molar-refractivity contribution in [3.63, 3.8) is 0 Å². The molecule has 2 saturated heterocycles. The van der Waals surface area contributed by atoms with Crippen LogP contribution >= 0.6 is 11.6 Å². The van der Waals surface area contributed by atoms with Gasteiger partial charge in [0.15, 0.2) is 0 Å². The monoisotopic (exact) mass is 378 g/mol. The van der Waals surface area contributed by atoms with Gasteiger partial charge in [0.1, 0.15) is 0 Å². The van der Waals surface area contributed by atoms with Gasteiger partial charge >= 0.3 is 5.97 Å². The number of piperidine rings is 1. The Morgan fingerprint density at radius 2 is 2.12 bits per heavy atom. The normalized spacial score (nSPS) is 24.2. The van der Waals surface area contributed by atoms with E-state index >= 15 is 0 Å². The highest BCUT2D eigenvalue weighted by molar-refractivity contribution is 6.32. The molecule has 1 aromatic rings. The first-order valence-corrected chi connectivity index (χ1v) is 9.34. The number of rotatable bonds is 4. The standard InChI is InChI=1S/C19H23ClN2O4/c1-3-26-19(25)13-6-5-9-21(11-13)16-10-17(23)22(18(16)24)15-8-4-7-14(20)12(15)2/h4,7-8,13,16H,3,5-6,9-11H2,1-2H3/t13-,16-/m1/s1. The van der Waals surface area contributed by atoms with Gasteiger partial charge in [0.25, 0.3) is 5.91 Å². The molecule has 0 aliphatic carbocycles. The summed E-state index contributed by atoms with van der Waals surface area (Å²) in [6.07, 6.45) is 1.68. The molecule has 26 heavy (non-hydrogen) atoms. The smallest absolute Gasteiger partial charge is 0.310 e. The summed E-state index contributed by atoms with van der Waals surface area (Å²) in [5.41, 5.74) is 1.24. The predicted molar refractivity (Wildman–Crippen MR) is 98.0 cm³/mol. The Bertz CT molecular complexity index is 736. The summed E-state index contributed by atoms with van der Waals surface area (Å²) < 4.78 is 5.12. The van der Waals surface area contributed by atoms with E-state index in [-0.39, 0.29) is 30.1 Å². The van der Waals surface area contributed by atoms with Crippen LogP contribution in [0.5, 0.6) is 0 Å². The van der Waals surface area contributed by atoms with E-state index in [0.29, 0.717) is 36.0 Å². The summed E-state index contributed by atoms with van der Waals surface area (Å²) in [4.78, 5) is 40.8. The van der Waals surface area contributed by atoms with Crippen LogP contribution in [0, 0.1) is 12.8 Å². The quantitative estimate of drug-likeness (QED) is 0.595. The molecule has 2 fully saturated rings. The van der Waals surface area contributed by atoms with Crippen molar-refractivity contribution in [1.29, 1.82) is 0 Å². The number of hydrogen-bond acceptors (Lipinski definition) is 5. The number of halogens is 1. The lowest BCUT2D eigenvalue weighted by molar-refractivity contribution is -0.150. The molecular weight excluding hydrogens is 356 g/mol. The molecular formula is C19H23ClN2O4. The number of benzene rings is 1. The number of amides is 2. The van der Waals surface area contributed by atoms with E-state index < -0.39 is 6.04 Å². The zero-order chi connectivity index (χ0) is 18.8. The van der Waals surface area contributed by atoms with Gasteiger partial charge in [0, 0.05) is 11.6 Å². The molecule has 0 aromatic heterocycles. The average molecular weight is 379 g/mol. The second-order valence-corrected chi connectivity index (χ2v) is 7.16. The summed E-state index contributed by atoms with van der Waals surface area (Å²) in [6, 6.07) is 4.67. The number of anilines is 1. The van der Waals surface area contributed by atoms with Crippen molar-refractivity contribution in [2.24, 2.45) is 5.92 Å². The van der Waals surface area contributed by atoms with Crippen molar-refractivity contribution >= 4 is 35.1 Å². The van der Waals surface area contributed by atoms with Gasteiger partial charge in [-0.2, -0.15) is 0 Å². The van der Waals surface area contributed by atoms with Crippen LogP contribution in [0.1, 0.15) is 31.7 Å². The highest BCUT2D eigenvalue weighted by Gasteiger charge is 2.45. The Balaban J connectivity index is 1.78. The van der Waals surface area contributed by atoms with Crippen molar-refractivity contribution in [2.45, 2.75) is 39.2 Å². The third kappa shape index (κ3) is 3.48. The molecule has 0 N–H and O–H groups in total. The van der Waals surface area contributed by atoms with Crippen LogP contribution in [-0.4, -0.2) is 48.4 Å². The van der Waals surface area contributed by atoms with Gasteiger partial charge in [-0.15, -0.1) is 0 Å². The zero-order valence-corrected chi connectivity index (χ0v) is 15.8. The fourth-order valence-electron chi connectivity index (χ4n) is 3.73. The third-order valence-electron chi connectivity index (χ3n) is 5.12. The van der Waals surface area contributed by atoms with Crippen LogP contribution in [0.25, 0.3) is 0 Å². The van der Waals surface area contributed by atoms with Crippen LogP contribution in [-0.2, 0) is 19.1 Å². The number of hydrogen-bond donors (Lipinski definition) is 0. The number of likely N-dealkylation sites (tertiary alicyclic amines) is 1. The van der Waals surface area contributed by atoms with E-state index in [1.165, 1.54) is 4.90 Å². The maximum Gasteiger partial charge on any atom is 0.310 e.